The Morgan fingerprint density at radius 2 is 1.62 bits per heavy atom. The highest BCUT2D eigenvalue weighted by atomic mass is 19.1. The van der Waals surface area contributed by atoms with Gasteiger partial charge >= 0.3 is 0 Å². The van der Waals surface area contributed by atoms with Gasteiger partial charge in [0.15, 0.2) is 0 Å². The summed E-state index contributed by atoms with van der Waals surface area (Å²) in [5.74, 6) is 1.30. The van der Waals surface area contributed by atoms with Crippen LogP contribution in [0.4, 0.5) is 15.8 Å². The number of benzene rings is 3. The van der Waals surface area contributed by atoms with E-state index >= 15 is 4.39 Å². The van der Waals surface area contributed by atoms with Crippen molar-refractivity contribution in [2.24, 2.45) is 5.92 Å². The summed E-state index contributed by atoms with van der Waals surface area (Å²) in [7, 11) is 3.09. The maximum atomic E-state index is 15.5. The maximum Gasteiger partial charge on any atom is 0.262 e. The number of rotatable bonds is 8. The Balaban J connectivity index is 0.807. The van der Waals surface area contributed by atoms with Gasteiger partial charge in [-0.25, -0.2) is 9.37 Å². The lowest BCUT2D eigenvalue weighted by molar-refractivity contribution is -0.135. The number of H-pyrrole nitrogens is 1. The number of nitrogens with one attached hydrogen (secondary N) is 2. The van der Waals surface area contributed by atoms with E-state index in [-0.39, 0.29) is 23.2 Å². The number of carbonyl (C=O) groups excluding carboxylic acids is 2. The molecule has 13 heteroatoms. The normalized spacial score (nSPS) is 22.3. The molecule has 7 heterocycles. The number of imide groups is 1. The summed E-state index contributed by atoms with van der Waals surface area (Å²) in [6.45, 7) is 4.64. The van der Waals surface area contributed by atoms with Crippen molar-refractivity contribution in [3.05, 3.63) is 77.1 Å². The Labute approximate surface area is 305 Å². The van der Waals surface area contributed by atoms with Gasteiger partial charge in [0, 0.05) is 97.8 Å². The Bertz CT molecular complexity index is 2290. The number of halogens is 1. The fourth-order valence-corrected chi connectivity index (χ4v) is 8.87. The van der Waals surface area contributed by atoms with Crippen molar-refractivity contribution in [3.63, 3.8) is 0 Å². The number of ether oxygens (including phenoxy) is 2. The SMILES string of the molecule is COc1cc(OC)c2c(=O)[nH]c(-c3ccc(N4CCC(CN5C6CC5CN(c5cc7cn(C8CCC(=O)NC8=O)cc7cc5F)C6)CC4)cc3)nc2c1. The van der Waals surface area contributed by atoms with Gasteiger partial charge in [0.2, 0.25) is 11.8 Å². The van der Waals surface area contributed by atoms with Crippen LogP contribution in [0.15, 0.2) is 65.7 Å². The molecule has 3 atom stereocenters. The molecule has 0 aliphatic carbocycles. The van der Waals surface area contributed by atoms with Crippen LogP contribution in [-0.2, 0) is 9.59 Å². The maximum absolute atomic E-state index is 15.5. The van der Waals surface area contributed by atoms with Gasteiger partial charge < -0.3 is 28.8 Å². The molecule has 5 fully saturated rings. The van der Waals surface area contributed by atoms with E-state index in [0.29, 0.717) is 64.8 Å². The minimum atomic E-state index is -0.460. The lowest BCUT2D eigenvalue weighted by Gasteiger charge is -2.58. The number of hydrogen-bond acceptors (Lipinski definition) is 9. The minimum Gasteiger partial charge on any atom is -0.497 e. The smallest absolute Gasteiger partial charge is 0.262 e. The van der Waals surface area contributed by atoms with Gasteiger partial charge in [-0.1, -0.05) is 0 Å². The zero-order valence-electron chi connectivity index (χ0n) is 29.8. The standard InChI is InChI=1S/C40H42FN7O5/c1-52-30-16-32-37(35(17-30)53-2)40(51)44-38(42-32)24-3-5-27(6-4-24)45-11-9-23(10-12-45)18-48-28-15-29(48)22-47(21-28)34-14-26-20-46(19-25(26)13-31(34)41)33-7-8-36(49)43-39(33)50/h3-6,13-14,16-17,19-20,23,28-29,33H,7-12,15,18,21-22H2,1-2H3,(H,42,44,51)(H,43,49,50). The summed E-state index contributed by atoms with van der Waals surface area (Å²) in [4.78, 5) is 51.9. The molecule has 0 spiro atoms. The summed E-state index contributed by atoms with van der Waals surface area (Å²) >= 11 is 0. The van der Waals surface area contributed by atoms with Crippen LogP contribution in [-0.4, -0.2) is 90.3 Å². The van der Waals surface area contributed by atoms with Gasteiger partial charge in [-0.3, -0.25) is 24.6 Å². The summed E-state index contributed by atoms with van der Waals surface area (Å²) in [6.07, 6.45) is 7.82. The molecule has 5 aromatic rings. The third-order valence-electron chi connectivity index (χ3n) is 11.8. The fraction of sp³-hybridized carbons (Fsp3) is 0.400. The van der Waals surface area contributed by atoms with Crippen molar-refractivity contribution >= 4 is 44.9 Å². The second kappa shape index (κ2) is 13.2. The highest BCUT2D eigenvalue weighted by Crippen LogP contribution is 2.39. The number of aromatic nitrogens is 3. The quantitative estimate of drug-likeness (QED) is 0.217. The first-order valence-electron chi connectivity index (χ1n) is 18.4. The molecule has 5 aliphatic rings. The molecule has 3 unspecified atom stereocenters. The fourth-order valence-electron chi connectivity index (χ4n) is 8.87. The van der Waals surface area contributed by atoms with Gasteiger partial charge in [-0.2, -0.15) is 0 Å². The number of methoxy groups -OCH3 is 2. The second-order valence-corrected chi connectivity index (χ2v) is 14.9. The van der Waals surface area contributed by atoms with Gasteiger partial charge in [0.1, 0.15) is 34.6 Å². The third kappa shape index (κ3) is 6.06. The van der Waals surface area contributed by atoms with E-state index in [4.69, 9.17) is 14.5 Å². The van der Waals surface area contributed by atoms with Crippen molar-refractivity contribution in [2.45, 2.75) is 50.2 Å². The average molecular weight is 720 g/mol. The number of aromatic amines is 1. The lowest BCUT2D eigenvalue weighted by Crippen LogP contribution is -2.69. The molecule has 0 radical (unpaired) electrons. The van der Waals surface area contributed by atoms with Crippen molar-refractivity contribution in [3.8, 4) is 22.9 Å². The van der Waals surface area contributed by atoms with Crippen LogP contribution in [0.25, 0.3) is 33.1 Å². The Morgan fingerprint density at radius 3 is 2.32 bits per heavy atom. The largest absolute Gasteiger partial charge is 0.497 e. The molecule has 53 heavy (non-hydrogen) atoms. The monoisotopic (exact) mass is 719 g/mol. The van der Waals surface area contributed by atoms with E-state index in [9.17, 15) is 14.4 Å². The summed E-state index contributed by atoms with van der Waals surface area (Å²) in [5.41, 5.74) is 2.85. The summed E-state index contributed by atoms with van der Waals surface area (Å²) < 4.78 is 28.1. The van der Waals surface area contributed by atoms with Crippen LogP contribution < -0.4 is 30.1 Å². The molecular weight excluding hydrogens is 677 g/mol. The van der Waals surface area contributed by atoms with Crippen molar-refractivity contribution in [2.75, 3.05) is 56.7 Å². The van der Waals surface area contributed by atoms with E-state index in [0.717, 1.165) is 74.0 Å². The number of anilines is 2. The Kier molecular flexibility index (Phi) is 8.33. The molecule has 0 saturated carbocycles. The van der Waals surface area contributed by atoms with Crippen molar-refractivity contribution in [1.29, 1.82) is 0 Å². The highest BCUT2D eigenvalue weighted by Gasteiger charge is 2.45. The lowest BCUT2D eigenvalue weighted by atomic mass is 9.84. The second-order valence-electron chi connectivity index (χ2n) is 14.9. The molecule has 2 bridgehead atoms. The van der Waals surface area contributed by atoms with Crippen molar-refractivity contribution in [1.82, 2.24) is 24.8 Å². The van der Waals surface area contributed by atoms with Gasteiger partial charge in [-0.15, -0.1) is 0 Å². The molecule has 274 valence electrons. The highest BCUT2D eigenvalue weighted by molar-refractivity contribution is 6.00. The molecule has 10 rings (SSSR count). The van der Waals surface area contributed by atoms with E-state index in [2.05, 4.69) is 37.1 Å². The zero-order valence-corrected chi connectivity index (χ0v) is 29.8. The zero-order chi connectivity index (χ0) is 36.4. The molecule has 2 amide bonds. The third-order valence-corrected chi connectivity index (χ3v) is 11.8. The number of amides is 2. The first-order valence-corrected chi connectivity index (χ1v) is 18.4. The molecule has 2 N–H and O–H groups in total. The van der Waals surface area contributed by atoms with Crippen LogP contribution in [0.3, 0.4) is 0 Å². The first kappa shape index (κ1) is 33.4. The van der Waals surface area contributed by atoms with Crippen LogP contribution in [0, 0.1) is 11.7 Å². The molecular formula is C40H42FN7O5. The molecule has 12 nitrogen and oxygen atoms in total. The summed E-state index contributed by atoms with van der Waals surface area (Å²) in [6, 6.07) is 15.5. The average Bonchev–Trinajstić information content (AvgIpc) is 3.58. The molecule has 5 aliphatic heterocycles. The van der Waals surface area contributed by atoms with Crippen molar-refractivity contribution < 1.29 is 23.5 Å². The van der Waals surface area contributed by atoms with Gasteiger partial charge in [0.25, 0.3) is 5.56 Å². The number of carbonyl (C=O) groups is 2. The van der Waals surface area contributed by atoms with Crippen LogP contribution in [0.2, 0.25) is 0 Å². The number of fused-ring (bicyclic) bond motifs is 4. The predicted octanol–water partition coefficient (Wildman–Crippen LogP) is 4.86. The number of piperazine rings is 1. The Hall–Kier alpha value is -5.43. The number of hydrogen-bond donors (Lipinski definition) is 2. The topological polar surface area (TPSA) is 125 Å². The van der Waals surface area contributed by atoms with Crippen LogP contribution in [0.1, 0.15) is 38.1 Å². The first-order chi connectivity index (χ1) is 25.7. The van der Waals surface area contributed by atoms with Crippen LogP contribution >= 0.6 is 0 Å². The minimum absolute atomic E-state index is 0.241. The van der Waals surface area contributed by atoms with E-state index in [1.165, 1.54) is 7.11 Å². The van der Waals surface area contributed by atoms with Gasteiger partial charge in [-0.05, 0) is 68.0 Å². The molecule has 5 saturated heterocycles. The number of piperidine rings is 3. The molecule has 2 aromatic heterocycles. The van der Waals surface area contributed by atoms with E-state index in [1.807, 2.05) is 29.0 Å². The van der Waals surface area contributed by atoms with E-state index < -0.39 is 6.04 Å². The Morgan fingerprint density at radius 1 is 0.887 bits per heavy atom. The molecule has 3 aromatic carbocycles. The number of nitrogens with zero attached hydrogens (tertiary/aromatic N) is 5. The summed E-state index contributed by atoms with van der Waals surface area (Å²) in [5, 5.41) is 4.45. The van der Waals surface area contributed by atoms with Crippen LogP contribution in [0.5, 0.6) is 11.5 Å². The van der Waals surface area contributed by atoms with E-state index in [1.54, 1.807) is 31.5 Å². The predicted molar refractivity (Wildman–Crippen MR) is 200 cm³/mol. The van der Waals surface area contributed by atoms with Gasteiger partial charge in [0.05, 0.1) is 25.4 Å².